The molecule has 2 atom stereocenters. The van der Waals surface area contributed by atoms with Gasteiger partial charge in [-0.2, -0.15) is 0 Å². The van der Waals surface area contributed by atoms with Gasteiger partial charge in [0.25, 0.3) is 5.91 Å². The van der Waals surface area contributed by atoms with E-state index in [9.17, 15) is 14.3 Å². The molecule has 104 valence electrons. The van der Waals surface area contributed by atoms with Gasteiger partial charge >= 0.3 is 0 Å². The van der Waals surface area contributed by atoms with Gasteiger partial charge in [0.2, 0.25) is 0 Å². The third-order valence-electron chi connectivity index (χ3n) is 3.38. The molecule has 0 unspecified atom stereocenters. The van der Waals surface area contributed by atoms with Crippen molar-refractivity contribution in [3.8, 4) is 5.75 Å². The molecule has 1 saturated heterocycles. The van der Waals surface area contributed by atoms with E-state index in [0.717, 1.165) is 0 Å². The second kappa shape index (κ2) is 5.54. The van der Waals surface area contributed by atoms with Gasteiger partial charge in [0.1, 0.15) is 11.6 Å². The molecule has 2 N–H and O–H groups in total. The van der Waals surface area contributed by atoms with E-state index >= 15 is 0 Å². The second-order valence-corrected chi connectivity index (χ2v) is 4.55. The summed E-state index contributed by atoms with van der Waals surface area (Å²) < 4.78 is 18.7. The highest BCUT2D eigenvalue weighted by Gasteiger charge is 2.32. The van der Waals surface area contributed by atoms with Gasteiger partial charge in [-0.1, -0.05) is 0 Å². The van der Waals surface area contributed by atoms with Crippen molar-refractivity contribution in [3.63, 3.8) is 0 Å². The topological polar surface area (TPSA) is 61.8 Å². The smallest absolute Gasteiger partial charge is 0.256 e. The molecule has 0 saturated carbocycles. The molecule has 1 heterocycles. The van der Waals surface area contributed by atoms with Gasteiger partial charge in [0, 0.05) is 26.2 Å². The molecule has 0 aromatic heterocycles. The highest BCUT2D eigenvalue weighted by atomic mass is 19.1. The van der Waals surface area contributed by atoms with Crippen LogP contribution in [0.5, 0.6) is 5.75 Å². The Balaban J connectivity index is 2.19. The van der Waals surface area contributed by atoms with Crippen molar-refractivity contribution in [2.45, 2.75) is 12.1 Å². The number of hydrogen-bond donors (Lipinski definition) is 2. The first kappa shape index (κ1) is 13.8. The summed E-state index contributed by atoms with van der Waals surface area (Å²) in [5.74, 6) is -0.719. The van der Waals surface area contributed by atoms with E-state index < -0.39 is 17.8 Å². The molecule has 0 bridgehead atoms. The number of rotatable bonds is 3. The fraction of sp³-hybridized carbons (Fsp3) is 0.462. The Kier molecular flexibility index (Phi) is 4.01. The van der Waals surface area contributed by atoms with Crippen LogP contribution in [-0.4, -0.2) is 55.3 Å². The molecule has 5 nitrogen and oxygen atoms in total. The number of aliphatic hydroxyl groups is 1. The number of likely N-dealkylation sites (N-methyl/N-ethyl adjacent to an activating group) is 1. The highest BCUT2D eigenvalue weighted by molar-refractivity contribution is 5.94. The Morgan fingerprint density at radius 1 is 1.53 bits per heavy atom. The van der Waals surface area contributed by atoms with E-state index in [4.69, 9.17) is 4.74 Å². The minimum atomic E-state index is -0.629. The zero-order chi connectivity index (χ0) is 14.0. The molecule has 0 aliphatic carbocycles. The van der Waals surface area contributed by atoms with Crippen molar-refractivity contribution in [3.05, 3.63) is 29.6 Å². The molecule has 0 spiro atoms. The number of nitrogens with one attached hydrogen (secondary N) is 1. The maximum Gasteiger partial charge on any atom is 0.256 e. The Labute approximate surface area is 111 Å². The van der Waals surface area contributed by atoms with Crippen molar-refractivity contribution in [1.82, 2.24) is 10.2 Å². The van der Waals surface area contributed by atoms with Crippen molar-refractivity contribution >= 4 is 5.91 Å². The fourth-order valence-electron chi connectivity index (χ4n) is 2.18. The Hall–Kier alpha value is -1.66. The first-order valence-corrected chi connectivity index (χ1v) is 6.04. The summed E-state index contributed by atoms with van der Waals surface area (Å²) in [6, 6.07) is 3.76. The monoisotopic (exact) mass is 268 g/mol. The number of amides is 1. The van der Waals surface area contributed by atoms with Crippen LogP contribution in [0.3, 0.4) is 0 Å². The number of methoxy groups -OCH3 is 1. The molecule has 6 heteroatoms. The molecule has 0 radical (unpaired) electrons. The Morgan fingerprint density at radius 2 is 2.26 bits per heavy atom. The van der Waals surface area contributed by atoms with E-state index in [-0.39, 0.29) is 11.6 Å². The number of nitrogens with zero attached hydrogens (tertiary/aromatic N) is 1. The number of benzene rings is 1. The minimum absolute atomic E-state index is 0.0256. The minimum Gasteiger partial charge on any atom is -0.497 e. The summed E-state index contributed by atoms with van der Waals surface area (Å²) in [7, 11) is 3.00. The first-order valence-electron chi connectivity index (χ1n) is 6.04. The van der Waals surface area contributed by atoms with Gasteiger partial charge in [-0.15, -0.1) is 0 Å². The number of carbonyl (C=O) groups excluding carboxylic acids is 1. The van der Waals surface area contributed by atoms with Gasteiger partial charge in [-0.25, -0.2) is 4.39 Å². The van der Waals surface area contributed by atoms with Crippen LogP contribution in [0, 0.1) is 5.82 Å². The van der Waals surface area contributed by atoms with Crippen LogP contribution >= 0.6 is 0 Å². The normalized spacial score (nSPS) is 22.3. The van der Waals surface area contributed by atoms with Gasteiger partial charge in [0.05, 0.1) is 24.8 Å². The molecule has 1 amide bonds. The molecule has 1 aliphatic heterocycles. The largest absolute Gasteiger partial charge is 0.497 e. The predicted molar refractivity (Wildman–Crippen MR) is 67.7 cm³/mol. The SMILES string of the molecule is COc1ccc(C(=O)N(C)[C@H]2CNC[C@@H]2O)c(F)c1. The van der Waals surface area contributed by atoms with E-state index in [1.807, 2.05) is 0 Å². The number of halogens is 1. The molecule has 1 fully saturated rings. The Morgan fingerprint density at radius 3 is 2.79 bits per heavy atom. The number of hydrogen-bond acceptors (Lipinski definition) is 4. The van der Waals surface area contributed by atoms with Crippen molar-refractivity contribution < 1.29 is 19.0 Å². The van der Waals surface area contributed by atoms with Crippen LogP contribution in [0.25, 0.3) is 0 Å². The molecule has 2 rings (SSSR count). The van der Waals surface area contributed by atoms with Crippen LogP contribution in [0.4, 0.5) is 4.39 Å². The second-order valence-electron chi connectivity index (χ2n) is 4.55. The van der Waals surface area contributed by atoms with E-state index in [1.54, 1.807) is 7.05 Å². The van der Waals surface area contributed by atoms with Crippen LogP contribution in [0.15, 0.2) is 18.2 Å². The summed E-state index contributed by atoms with van der Waals surface area (Å²) in [6.07, 6.45) is -0.629. The summed E-state index contributed by atoms with van der Waals surface area (Å²) >= 11 is 0. The lowest BCUT2D eigenvalue weighted by molar-refractivity contribution is 0.0577. The summed E-state index contributed by atoms with van der Waals surface area (Å²) in [5, 5.41) is 12.7. The molecular weight excluding hydrogens is 251 g/mol. The fourth-order valence-corrected chi connectivity index (χ4v) is 2.18. The van der Waals surface area contributed by atoms with Crippen molar-refractivity contribution in [2.75, 3.05) is 27.2 Å². The molecule has 1 aromatic carbocycles. The standard InChI is InChI=1S/C13H17FN2O3/c1-16(11-6-15-7-12(11)17)13(18)9-4-3-8(19-2)5-10(9)14/h3-5,11-12,15,17H,6-7H2,1-2H3/t11-,12-/m0/s1. The molecule has 19 heavy (non-hydrogen) atoms. The number of β-amino-alcohol motifs (C(OH)–C–C–N with tert-alkyl or cyclic N) is 1. The van der Waals surface area contributed by atoms with E-state index in [1.165, 1.54) is 30.2 Å². The number of ether oxygens (including phenoxy) is 1. The quantitative estimate of drug-likeness (QED) is 0.824. The average molecular weight is 268 g/mol. The lowest BCUT2D eigenvalue weighted by Gasteiger charge is -2.26. The summed E-state index contributed by atoms with van der Waals surface area (Å²) in [5.41, 5.74) is -0.0256. The summed E-state index contributed by atoms with van der Waals surface area (Å²) in [4.78, 5) is 13.6. The van der Waals surface area contributed by atoms with Crippen LogP contribution in [0.1, 0.15) is 10.4 Å². The number of carbonyl (C=O) groups is 1. The third-order valence-corrected chi connectivity index (χ3v) is 3.38. The van der Waals surface area contributed by atoms with Gasteiger partial charge in [-0.05, 0) is 12.1 Å². The van der Waals surface area contributed by atoms with E-state index in [2.05, 4.69) is 5.32 Å². The van der Waals surface area contributed by atoms with Crippen LogP contribution < -0.4 is 10.1 Å². The van der Waals surface area contributed by atoms with Crippen molar-refractivity contribution in [2.24, 2.45) is 0 Å². The maximum atomic E-state index is 13.8. The molecule has 1 aromatic rings. The van der Waals surface area contributed by atoms with Gasteiger partial charge < -0.3 is 20.1 Å². The van der Waals surface area contributed by atoms with Gasteiger partial charge in [-0.3, -0.25) is 4.79 Å². The van der Waals surface area contributed by atoms with Crippen molar-refractivity contribution in [1.29, 1.82) is 0 Å². The number of aliphatic hydroxyl groups excluding tert-OH is 1. The zero-order valence-corrected chi connectivity index (χ0v) is 10.9. The van der Waals surface area contributed by atoms with Crippen LogP contribution in [0.2, 0.25) is 0 Å². The lowest BCUT2D eigenvalue weighted by atomic mass is 10.1. The lowest BCUT2D eigenvalue weighted by Crippen LogP contribution is -2.44. The van der Waals surface area contributed by atoms with Crippen LogP contribution in [-0.2, 0) is 0 Å². The first-order chi connectivity index (χ1) is 9.04. The van der Waals surface area contributed by atoms with E-state index in [0.29, 0.717) is 18.8 Å². The van der Waals surface area contributed by atoms with Gasteiger partial charge in [0.15, 0.2) is 0 Å². The third kappa shape index (κ3) is 2.69. The predicted octanol–water partition coefficient (Wildman–Crippen LogP) is 0.239. The molecule has 1 aliphatic rings. The average Bonchev–Trinajstić information content (AvgIpc) is 2.83. The highest BCUT2D eigenvalue weighted by Crippen LogP contribution is 2.19. The zero-order valence-electron chi connectivity index (χ0n) is 10.9. The molecular formula is C13H17FN2O3. The maximum absolute atomic E-state index is 13.8. The Bertz CT molecular complexity index is 481. The summed E-state index contributed by atoms with van der Waals surface area (Å²) in [6.45, 7) is 0.939.